The number of aliphatic hydroxyl groups is 6. The summed E-state index contributed by atoms with van der Waals surface area (Å²) in [6.45, 7) is 4.95. The molecule has 13 N–H and O–H groups in total. The number of hydrogen-bond donors (Lipinski definition) is 13. The predicted molar refractivity (Wildman–Crippen MR) is 315 cm³/mol. The summed E-state index contributed by atoms with van der Waals surface area (Å²) in [5, 5.41) is 91.0. The van der Waals surface area contributed by atoms with Crippen LogP contribution >= 0.6 is 0 Å². The summed E-state index contributed by atoms with van der Waals surface area (Å²) >= 11 is 0. The zero-order chi connectivity index (χ0) is 66.6. The molecule has 1 unspecified atom stereocenters. The Morgan fingerprint density at radius 3 is 1.93 bits per heavy atom. The number of hydrogen-bond acceptors (Lipinski definition) is 21. The van der Waals surface area contributed by atoms with Gasteiger partial charge in [0.2, 0.25) is 41.4 Å². The molecule has 0 saturated carbocycles. The van der Waals surface area contributed by atoms with Crippen molar-refractivity contribution < 1.29 is 106 Å². The van der Waals surface area contributed by atoms with Crippen molar-refractivity contribution in [1.82, 2.24) is 46.2 Å². The summed E-state index contributed by atoms with van der Waals surface area (Å²) in [5.41, 5.74) is 2.75. The number of benzene rings is 3. The summed E-state index contributed by atoms with van der Waals surface area (Å²) in [4.78, 5) is 133. The molecule has 4 heterocycles. The van der Waals surface area contributed by atoms with E-state index in [4.69, 9.17) is 9.47 Å². The van der Waals surface area contributed by atoms with Gasteiger partial charge in [-0.05, 0) is 67.6 Å². The van der Waals surface area contributed by atoms with Crippen LogP contribution < -0.4 is 30.8 Å². The van der Waals surface area contributed by atoms with Gasteiger partial charge in [-0.3, -0.25) is 38.1 Å². The average molecular weight is 1300 g/mol. The molecule has 0 spiro atoms. The second kappa shape index (κ2) is 28.5. The Labute approximate surface area is 522 Å². The van der Waals surface area contributed by atoms with Crippen LogP contribution in [0.1, 0.15) is 76.5 Å². The molecular weight excluding hydrogens is 1220 g/mol. The van der Waals surface area contributed by atoms with Crippen LogP contribution in [0.4, 0.5) is 9.59 Å². The molecule has 8 rings (SSSR count). The molecule has 31 nitrogen and oxygen atoms in total. The van der Waals surface area contributed by atoms with Crippen molar-refractivity contribution >= 4 is 63.9 Å². The normalized spacial score (nSPS) is 26.7. The molecule has 496 valence electrons. The maximum atomic E-state index is 15.2. The maximum Gasteiger partial charge on any atom is 0.446 e. The maximum absolute atomic E-state index is 15.2. The van der Waals surface area contributed by atoms with Gasteiger partial charge in [-0.15, -0.1) is 0 Å². The van der Waals surface area contributed by atoms with Gasteiger partial charge in [-0.2, -0.15) is 8.42 Å². The molecular formula is C59H77N9O22S. The van der Waals surface area contributed by atoms with Gasteiger partial charge in [0.1, 0.15) is 48.5 Å². The quantitative estimate of drug-likeness (QED) is 0.0809. The first-order chi connectivity index (χ1) is 42.8. The summed E-state index contributed by atoms with van der Waals surface area (Å²) in [6, 6.07) is 6.29. The highest BCUT2D eigenvalue weighted by Crippen LogP contribution is 2.44. The highest BCUT2D eigenvalue weighted by Gasteiger charge is 2.50. The number of rotatable bonds is 12. The molecule has 4 fully saturated rings. The number of carbonyl (C=O) groups is 9. The summed E-state index contributed by atoms with van der Waals surface area (Å²) in [6.07, 6.45) is -16.1. The van der Waals surface area contributed by atoms with E-state index in [0.717, 1.165) is 57.2 Å². The lowest BCUT2D eigenvalue weighted by Crippen LogP contribution is -2.64. The monoisotopic (exact) mass is 1300 g/mol. The van der Waals surface area contributed by atoms with Crippen LogP contribution in [-0.2, 0) is 59.9 Å². The molecule has 4 aliphatic heterocycles. The molecule has 3 aromatic carbocycles. The van der Waals surface area contributed by atoms with E-state index in [9.17, 15) is 82.3 Å². The van der Waals surface area contributed by atoms with Crippen molar-refractivity contribution in [3.05, 3.63) is 83.4 Å². The largest absolute Gasteiger partial charge is 0.504 e. The third-order valence-corrected chi connectivity index (χ3v) is 16.8. The van der Waals surface area contributed by atoms with Crippen molar-refractivity contribution in [3.8, 4) is 22.6 Å². The van der Waals surface area contributed by atoms with Crippen molar-refractivity contribution in [1.29, 1.82) is 0 Å². The molecule has 0 aromatic heterocycles. The first kappa shape index (κ1) is 68.7. The predicted octanol–water partition coefficient (Wildman–Crippen LogP) is -2.90. The number of nitrogens with zero attached hydrogens (tertiary/aromatic N) is 4. The van der Waals surface area contributed by atoms with Gasteiger partial charge < -0.3 is 95.6 Å². The molecule has 4 saturated heterocycles. The Morgan fingerprint density at radius 1 is 0.725 bits per heavy atom. The number of alkyl carbamates (subject to hydrolysis) is 1. The molecule has 1 aliphatic carbocycles. The number of aliphatic hydroxyl groups excluding tert-OH is 6. The number of nitrogens with one attached hydrogen (secondary N) is 5. The number of ether oxygens (including phenoxy) is 2. The van der Waals surface area contributed by atoms with Gasteiger partial charge in [0.15, 0.2) is 11.5 Å². The minimum absolute atomic E-state index is 0.0174. The lowest BCUT2D eigenvalue weighted by Gasteiger charge is -2.36. The van der Waals surface area contributed by atoms with Crippen LogP contribution in [0.3, 0.4) is 0 Å². The number of β-amino-alcohol motifs (C(OH)–C–C–N with tert-alkyl or cyclic N) is 1. The molecule has 91 heavy (non-hydrogen) atoms. The molecule has 5 aliphatic rings. The van der Waals surface area contributed by atoms with Gasteiger partial charge >= 0.3 is 22.6 Å². The number of phenols is 1. The van der Waals surface area contributed by atoms with E-state index in [1.807, 2.05) is 48.5 Å². The second-order valence-electron chi connectivity index (χ2n) is 24.4. The van der Waals surface area contributed by atoms with Gasteiger partial charge in [-0.1, -0.05) is 61.5 Å². The van der Waals surface area contributed by atoms with Crippen LogP contribution in [0, 0.1) is 5.92 Å². The number of carbonyl (C=O) groups excluding carboxylic acids is 9. The van der Waals surface area contributed by atoms with Crippen LogP contribution in [0.25, 0.3) is 11.1 Å². The van der Waals surface area contributed by atoms with Crippen LogP contribution in [0.15, 0.2) is 66.7 Å². The van der Waals surface area contributed by atoms with E-state index in [1.54, 1.807) is 0 Å². The molecule has 32 heteroatoms. The molecule has 13 atom stereocenters. The SMILES string of the molecule is C[C@@H](O)C1NC(=O)[C@@H](NC(=O)OC(C)(C)C)C[C@@H](O)CNC(=O)[C@@H]2[C@@H](O)[C@@H](C)CN2C(=O)[C@H]([C@H](O)CC(=O)N2CCN(C(=O)OCC3c4ccccc4-c4ccccc43)CC2)NC(=O)[C@H]([C@H](O)Cc2ccc(O)c(OS(=O)(=O)O)c2)NC(=O)[C@@H]2C[C@@H](O)CN2C1=O. The Morgan fingerprint density at radius 2 is 1.32 bits per heavy atom. The van der Waals surface area contributed by atoms with Gasteiger partial charge in [0.25, 0.3) is 0 Å². The third kappa shape index (κ3) is 16.6. The lowest BCUT2D eigenvalue weighted by atomic mass is 9.98. The fourth-order valence-electron chi connectivity index (χ4n) is 11.8. The smallest absolute Gasteiger partial charge is 0.446 e. The van der Waals surface area contributed by atoms with E-state index in [2.05, 4.69) is 30.8 Å². The van der Waals surface area contributed by atoms with Crippen molar-refractivity contribution in [3.63, 3.8) is 0 Å². The summed E-state index contributed by atoms with van der Waals surface area (Å²) < 4.78 is 48.3. The minimum Gasteiger partial charge on any atom is -0.504 e. The number of phenolic OH excluding ortho intramolecular Hbond substituents is 1. The van der Waals surface area contributed by atoms with Crippen LogP contribution in [0.5, 0.6) is 11.5 Å². The van der Waals surface area contributed by atoms with E-state index in [0.29, 0.717) is 0 Å². The highest BCUT2D eigenvalue weighted by molar-refractivity contribution is 7.81. The number of fused-ring (bicyclic) bond motifs is 5. The Bertz CT molecular complexity index is 3310. The molecule has 9 amide bonds. The van der Waals surface area contributed by atoms with Crippen LogP contribution in [-0.4, -0.2) is 253 Å². The van der Waals surface area contributed by atoms with Crippen molar-refractivity contribution in [2.24, 2.45) is 5.92 Å². The molecule has 0 radical (unpaired) electrons. The van der Waals surface area contributed by atoms with Crippen molar-refractivity contribution in [2.75, 3.05) is 52.4 Å². The third-order valence-electron chi connectivity index (χ3n) is 16.4. The van der Waals surface area contributed by atoms with E-state index < -0.39 is 205 Å². The van der Waals surface area contributed by atoms with Gasteiger partial charge in [0, 0.05) is 76.9 Å². The van der Waals surface area contributed by atoms with E-state index in [1.165, 1.54) is 37.5 Å². The van der Waals surface area contributed by atoms with E-state index >= 15 is 9.59 Å². The van der Waals surface area contributed by atoms with Gasteiger partial charge in [-0.25, -0.2) is 9.59 Å². The molecule has 3 aromatic rings. The summed E-state index contributed by atoms with van der Waals surface area (Å²) in [7, 11) is -5.26. The highest BCUT2D eigenvalue weighted by atomic mass is 32.3. The fourth-order valence-corrected chi connectivity index (χ4v) is 12.2. The molecule has 0 bridgehead atoms. The topological polar surface area (TPSA) is 450 Å². The zero-order valence-electron chi connectivity index (χ0n) is 50.4. The number of piperazine rings is 1. The Hall–Kier alpha value is -8.24. The van der Waals surface area contributed by atoms with E-state index in [-0.39, 0.29) is 44.3 Å². The second-order valence-corrected chi connectivity index (χ2v) is 25.4. The number of amides is 9. The first-order valence-corrected chi connectivity index (χ1v) is 30.9. The lowest BCUT2D eigenvalue weighted by molar-refractivity contribution is -0.148. The summed E-state index contributed by atoms with van der Waals surface area (Å²) in [5.74, 6) is -11.3. The first-order valence-electron chi connectivity index (χ1n) is 29.5. The fraction of sp³-hybridized carbons (Fsp3) is 0.542. The van der Waals surface area contributed by atoms with Gasteiger partial charge in [0.05, 0.1) is 43.0 Å². The standard InChI is InChI=1S/C59H77N9O22S/c1-29-26-68-49(50(29)76)54(80)60-25-32(70)22-39(61-57(83)89-59(3,4)5)51(77)62-46(30(2)69)55(81)67-27-33(71)23-40(67)52(78)63-47(42(73)20-31-14-15-41(72)44(21-31)90-91(85,86)87)53(79)64-48(56(68)82)43(74)24-45(75)65-16-18-66(19-17-65)58(84)88-28-38-36-12-8-6-10-34(36)35-11-7-9-13-37(35)38/h6-15,21,29-30,32-33,38-40,42-43,46-50,69-74,76H,16-20,22-28H2,1-5H3,(H,60,80)(H,61,83)(H,62,77)(H,63,78)(H,64,79)(H,85,86,87)/t29-,30+,32+,33+,39-,40-,42+,43+,46?,47-,48-,49-,50-/m0/s1. The van der Waals surface area contributed by atoms with Crippen molar-refractivity contribution in [2.45, 2.75) is 145 Å². The number of aromatic hydroxyl groups is 1. The Balaban J connectivity index is 1.10. The van der Waals surface area contributed by atoms with Crippen LogP contribution in [0.2, 0.25) is 0 Å². The Kier molecular flexibility index (Phi) is 21.5. The average Bonchev–Trinajstić information content (AvgIpc) is 1.65. The zero-order valence-corrected chi connectivity index (χ0v) is 51.2. The minimum atomic E-state index is -5.26.